The summed E-state index contributed by atoms with van der Waals surface area (Å²) >= 11 is 0. The molecular weight excluding hydrogens is 302 g/mol. The smallest absolute Gasteiger partial charge is 0.250 e. The number of hydrogen-bond donors (Lipinski definition) is 0. The number of hydrogen-bond acceptors (Lipinski definition) is 3. The number of amides is 1. The molecule has 0 bridgehead atoms. The summed E-state index contributed by atoms with van der Waals surface area (Å²) in [6.07, 6.45) is 6.03. The quantitative estimate of drug-likeness (QED) is 0.728. The van der Waals surface area contributed by atoms with Gasteiger partial charge in [-0.1, -0.05) is 13.5 Å². The number of anilines is 1. The van der Waals surface area contributed by atoms with Gasteiger partial charge >= 0.3 is 0 Å². The van der Waals surface area contributed by atoms with Gasteiger partial charge in [-0.15, -0.1) is 0 Å². The molecule has 1 atom stereocenters. The highest BCUT2D eigenvalue weighted by atomic mass is 16.2. The largest absolute Gasteiger partial charge is 0.300 e. The Balaban J connectivity index is 2.39. The van der Waals surface area contributed by atoms with E-state index in [-0.39, 0.29) is 18.0 Å². The third-order valence-electron chi connectivity index (χ3n) is 4.23. The molecular formula is C18H27N5O. The van der Waals surface area contributed by atoms with E-state index in [1.165, 1.54) is 6.08 Å². The summed E-state index contributed by atoms with van der Waals surface area (Å²) in [6.45, 7) is 14.4. The zero-order valence-electron chi connectivity index (χ0n) is 15.2. The Hall–Kier alpha value is -2.37. The van der Waals surface area contributed by atoms with E-state index in [1.54, 1.807) is 11.1 Å². The summed E-state index contributed by atoms with van der Waals surface area (Å²) in [4.78, 5) is 14.2. The molecule has 2 aromatic rings. The average molecular weight is 329 g/mol. The first kappa shape index (κ1) is 18.0. The maximum atomic E-state index is 12.5. The van der Waals surface area contributed by atoms with Crippen LogP contribution in [0.1, 0.15) is 57.6 Å². The topological polar surface area (TPSA) is 56.0 Å². The molecule has 1 amide bonds. The van der Waals surface area contributed by atoms with Gasteiger partial charge in [-0.05, 0) is 46.3 Å². The minimum absolute atomic E-state index is 0.140. The molecule has 24 heavy (non-hydrogen) atoms. The molecule has 0 aliphatic carbocycles. The highest BCUT2D eigenvalue weighted by Crippen LogP contribution is 2.24. The molecule has 130 valence electrons. The van der Waals surface area contributed by atoms with Gasteiger partial charge in [-0.2, -0.15) is 10.2 Å². The molecule has 6 nitrogen and oxygen atoms in total. The summed E-state index contributed by atoms with van der Waals surface area (Å²) in [5, 5.41) is 8.92. The van der Waals surface area contributed by atoms with Crippen molar-refractivity contribution < 1.29 is 4.79 Å². The van der Waals surface area contributed by atoms with Crippen molar-refractivity contribution >= 4 is 11.6 Å². The van der Waals surface area contributed by atoms with Crippen LogP contribution in [0.4, 0.5) is 5.69 Å². The van der Waals surface area contributed by atoms with Crippen LogP contribution in [0.25, 0.3) is 0 Å². The van der Waals surface area contributed by atoms with E-state index < -0.39 is 0 Å². The Morgan fingerprint density at radius 3 is 2.67 bits per heavy atom. The standard InChI is InChI=1S/C18H27N5O/c1-7-14(5)23-16(9-10-19-23)11-21(18(24)8-2)17-12-22(13(3)4)20-15(17)6/h8-10,12-14H,2,7,11H2,1,3-6H3. The van der Waals surface area contributed by atoms with E-state index in [0.29, 0.717) is 6.54 Å². The average Bonchev–Trinajstić information content (AvgIpc) is 3.17. The molecule has 0 fully saturated rings. The van der Waals surface area contributed by atoms with Crippen molar-refractivity contribution in [1.29, 1.82) is 0 Å². The second kappa shape index (κ2) is 7.47. The zero-order valence-corrected chi connectivity index (χ0v) is 15.2. The lowest BCUT2D eigenvalue weighted by atomic mass is 10.2. The Bertz CT molecular complexity index is 713. The fourth-order valence-electron chi connectivity index (χ4n) is 2.59. The molecule has 0 saturated carbocycles. The molecule has 6 heteroatoms. The number of nitrogens with zero attached hydrogens (tertiary/aromatic N) is 5. The van der Waals surface area contributed by atoms with Gasteiger partial charge in [0.1, 0.15) is 0 Å². The first-order valence-electron chi connectivity index (χ1n) is 8.41. The number of aromatic nitrogens is 4. The summed E-state index contributed by atoms with van der Waals surface area (Å²) in [5.41, 5.74) is 2.63. The van der Waals surface area contributed by atoms with Crippen LogP contribution in [0.3, 0.4) is 0 Å². The molecule has 0 spiro atoms. The van der Waals surface area contributed by atoms with Gasteiger partial charge < -0.3 is 0 Å². The van der Waals surface area contributed by atoms with Gasteiger partial charge in [-0.25, -0.2) is 0 Å². The maximum absolute atomic E-state index is 12.5. The molecule has 0 N–H and O–H groups in total. The fourth-order valence-corrected chi connectivity index (χ4v) is 2.59. The minimum atomic E-state index is -0.140. The zero-order chi connectivity index (χ0) is 17.9. The first-order chi connectivity index (χ1) is 11.4. The van der Waals surface area contributed by atoms with Crippen molar-refractivity contribution in [3.05, 3.63) is 42.5 Å². The molecule has 2 aromatic heterocycles. The molecule has 0 aliphatic rings. The van der Waals surface area contributed by atoms with Crippen LogP contribution in [0.5, 0.6) is 0 Å². The lowest BCUT2D eigenvalue weighted by Gasteiger charge is -2.22. The van der Waals surface area contributed by atoms with Crippen LogP contribution < -0.4 is 4.90 Å². The van der Waals surface area contributed by atoms with Crippen LogP contribution in [0.2, 0.25) is 0 Å². The van der Waals surface area contributed by atoms with E-state index >= 15 is 0 Å². The van der Waals surface area contributed by atoms with Crippen LogP contribution in [-0.4, -0.2) is 25.5 Å². The van der Waals surface area contributed by atoms with Crippen LogP contribution >= 0.6 is 0 Å². The van der Waals surface area contributed by atoms with E-state index in [0.717, 1.165) is 23.5 Å². The van der Waals surface area contributed by atoms with Crippen molar-refractivity contribution in [2.45, 2.75) is 59.7 Å². The molecule has 0 aromatic carbocycles. The predicted octanol–water partition coefficient (Wildman–Crippen LogP) is 3.66. The Morgan fingerprint density at radius 2 is 2.12 bits per heavy atom. The van der Waals surface area contributed by atoms with Gasteiger partial charge in [0.2, 0.25) is 0 Å². The first-order valence-corrected chi connectivity index (χ1v) is 8.41. The number of rotatable bonds is 7. The van der Waals surface area contributed by atoms with Crippen molar-refractivity contribution in [2.75, 3.05) is 4.90 Å². The molecule has 2 heterocycles. The molecule has 0 saturated heterocycles. The lowest BCUT2D eigenvalue weighted by Crippen LogP contribution is -2.30. The monoisotopic (exact) mass is 329 g/mol. The second-order valence-corrected chi connectivity index (χ2v) is 6.33. The number of aryl methyl sites for hydroxylation is 1. The van der Waals surface area contributed by atoms with Crippen molar-refractivity contribution in [3.8, 4) is 0 Å². The molecule has 1 unspecified atom stereocenters. The third-order valence-corrected chi connectivity index (χ3v) is 4.23. The SMILES string of the molecule is C=CC(=O)N(Cc1ccnn1C(C)CC)c1cn(C(C)C)nc1C. The van der Waals surface area contributed by atoms with Crippen LogP contribution in [0, 0.1) is 6.92 Å². The Morgan fingerprint density at radius 1 is 1.42 bits per heavy atom. The van der Waals surface area contributed by atoms with Crippen molar-refractivity contribution in [2.24, 2.45) is 0 Å². The summed E-state index contributed by atoms with van der Waals surface area (Å²) in [6, 6.07) is 2.48. The van der Waals surface area contributed by atoms with Gasteiger partial charge in [0.25, 0.3) is 5.91 Å². The molecule has 2 rings (SSSR count). The highest BCUT2D eigenvalue weighted by molar-refractivity contribution is 6.01. The summed E-state index contributed by atoms with van der Waals surface area (Å²) in [7, 11) is 0. The molecule has 0 radical (unpaired) electrons. The molecule has 0 aliphatic heterocycles. The van der Waals surface area contributed by atoms with Gasteiger partial charge in [-0.3, -0.25) is 19.1 Å². The van der Waals surface area contributed by atoms with Gasteiger partial charge in [0.05, 0.1) is 23.6 Å². The number of carbonyl (C=O) groups is 1. The Kier molecular flexibility index (Phi) is 5.59. The fraction of sp³-hybridized carbons (Fsp3) is 0.500. The predicted molar refractivity (Wildman–Crippen MR) is 96.0 cm³/mol. The third kappa shape index (κ3) is 3.58. The maximum Gasteiger partial charge on any atom is 0.250 e. The van der Waals surface area contributed by atoms with Crippen molar-refractivity contribution in [1.82, 2.24) is 19.6 Å². The summed E-state index contributed by atoms with van der Waals surface area (Å²) in [5.74, 6) is -0.140. The van der Waals surface area contributed by atoms with Crippen LogP contribution in [0.15, 0.2) is 31.1 Å². The summed E-state index contributed by atoms with van der Waals surface area (Å²) < 4.78 is 3.85. The normalized spacial score (nSPS) is 12.4. The second-order valence-electron chi connectivity index (χ2n) is 6.33. The van der Waals surface area contributed by atoms with E-state index in [1.807, 2.05) is 28.6 Å². The van der Waals surface area contributed by atoms with E-state index in [4.69, 9.17) is 0 Å². The van der Waals surface area contributed by atoms with Crippen molar-refractivity contribution in [3.63, 3.8) is 0 Å². The minimum Gasteiger partial charge on any atom is -0.300 e. The number of carbonyl (C=O) groups excluding carboxylic acids is 1. The van der Waals surface area contributed by atoms with Gasteiger partial charge in [0.15, 0.2) is 0 Å². The van der Waals surface area contributed by atoms with Crippen LogP contribution in [-0.2, 0) is 11.3 Å². The lowest BCUT2D eigenvalue weighted by molar-refractivity contribution is -0.114. The van der Waals surface area contributed by atoms with E-state index in [9.17, 15) is 4.79 Å². The highest BCUT2D eigenvalue weighted by Gasteiger charge is 2.21. The van der Waals surface area contributed by atoms with E-state index in [2.05, 4.69) is 44.5 Å². The Labute approximate surface area is 143 Å². The van der Waals surface area contributed by atoms with Gasteiger partial charge in [0, 0.05) is 24.5 Å².